The number of anilines is 1. The fourth-order valence-corrected chi connectivity index (χ4v) is 3.73. The molecule has 0 unspecified atom stereocenters. The molecule has 1 aliphatic heterocycles. The number of pyridine rings is 1. The highest BCUT2D eigenvalue weighted by Gasteiger charge is 2.28. The number of nitrogen functional groups attached to an aromatic ring is 1. The Bertz CT molecular complexity index is 685. The van der Waals surface area contributed by atoms with Crippen molar-refractivity contribution in [2.75, 3.05) is 19.3 Å². The summed E-state index contributed by atoms with van der Waals surface area (Å²) in [6, 6.07) is 6.27. The molecule has 3 heterocycles. The Kier molecular flexibility index (Phi) is 3.20. The van der Waals surface area contributed by atoms with Gasteiger partial charge in [-0.2, -0.15) is 5.26 Å². The van der Waals surface area contributed by atoms with Crippen LogP contribution in [0.4, 0.5) is 5.82 Å². The molecule has 0 spiro atoms. The largest absolute Gasteiger partial charge is 0.383 e. The zero-order chi connectivity index (χ0) is 14.3. The molecule has 2 aromatic heterocycles. The lowest BCUT2D eigenvalue weighted by atomic mass is 9.90. The molecule has 5 heteroatoms. The molecule has 3 rings (SSSR count). The van der Waals surface area contributed by atoms with Crippen LogP contribution in [0.15, 0.2) is 17.5 Å². The summed E-state index contributed by atoms with van der Waals surface area (Å²) < 4.78 is 0. The predicted octanol–water partition coefficient (Wildman–Crippen LogP) is 2.81. The fraction of sp³-hybridized carbons (Fsp3) is 0.333. The van der Waals surface area contributed by atoms with Gasteiger partial charge >= 0.3 is 0 Å². The topological polar surface area (TPSA) is 65.9 Å². The van der Waals surface area contributed by atoms with Crippen molar-refractivity contribution in [3.63, 3.8) is 0 Å². The molecule has 0 radical (unpaired) electrons. The van der Waals surface area contributed by atoms with Crippen LogP contribution in [0, 0.1) is 11.3 Å². The second-order valence-electron chi connectivity index (χ2n) is 5.30. The highest BCUT2D eigenvalue weighted by molar-refractivity contribution is 7.13. The minimum absolute atomic E-state index is 0.331. The number of aromatic nitrogens is 1. The third-order valence-corrected chi connectivity index (χ3v) is 4.61. The quantitative estimate of drug-likeness (QED) is 0.874. The molecule has 1 aliphatic rings. The summed E-state index contributed by atoms with van der Waals surface area (Å²) in [6.45, 7) is 3.94. The molecular formula is C15H16N4S. The van der Waals surface area contributed by atoms with Crippen LogP contribution in [-0.4, -0.2) is 23.5 Å². The lowest BCUT2D eigenvalue weighted by molar-refractivity contribution is 0.285. The zero-order valence-corrected chi connectivity index (χ0v) is 12.4. The molecule has 2 N–H and O–H groups in total. The van der Waals surface area contributed by atoms with Gasteiger partial charge in [0.2, 0.25) is 0 Å². The Labute approximate surface area is 122 Å². The molecule has 0 saturated carbocycles. The van der Waals surface area contributed by atoms with Crippen molar-refractivity contribution in [2.45, 2.75) is 19.4 Å². The van der Waals surface area contributed by atoms with E-state index in [0.29, 0.717) is 17.3 Å². The van der Waals surface area contributed by atoms with Gasteiger partial charge in [-0.1, -0.05) is 13.0 Å². The highest BCUT2D eigenvalue weighted by atomic mass is 32.1. The van der Waals surface area contributed by atoms with Crippen molar-refractivity contribution in [3.8, 4) is 16.5 Å². The minimum atomic E-state index is 0.331. The molecular weight excluding hydrogens is 268 g/mol. The van der Waals surface area contributed by atoms with Gasteiger partial charge in [0.1, 0.15) is 17.5 Å². The number of hydrogen-bond donors (Lipinski definition) is 1. The number of rotatable bonds is 1. The number of nitriles is 1. The lowest BCUT2D eigenvalue weighted by Crippen LogP contribution is -2.31. The number of likely N-dealkylation sites (N-methyl/N-ethyl adjacent to an activating group) is 1. The number of hydrogen-bond acceptors (Lipinski definition) is 5. The summed E-state index contributed by atoms with van der Waals surface area (Å²) in [5.74, 6) is 0.684. The van der Waals surface area contributed by atoms with Crippen molar-refractivity contribution in [1.29, 1.82) is 5.26 Å². The molecule has 102 valence electrons. The fourth-order valence-electron chi connectivity index (χ4n) is 2.92. The SMILES string of the molecule is C[C@H]1CN(C)Cc2c1nc(N)c(C#N)c2-c1cccs1. The maximum absolute atomic E-state index is 9.45. The van der Waals surface area contributed by atoms with Gasteiger partial charge in [0.15, 0.2) is 0 Å². The summed E-state index contributed by atoms with van der Waals surface area (Å²) in [6.07, 6.45) is 0. The van der Waals surface area contributed by atoms with E-state index < -0.39 is 0 Å². The third-order valence-electron chi connectivity index (χ3n) is 3.72. The minimum Gasteiger partial charge on any atom is -0.383 e. The Morgan fingerprint density at radius 1 is 1.55 bits per heavy atom. The molecule has 0 aliphatic carbocycles. The summed E-state index contributed by atoms with van der Waals surface area (Å²) in [5, 5.41) is 11.5. The van der Waals surface area contributed by atoms with Crippen LogP contribution in [0.1, 0.15) is 29.7 Å². The van der Waals surface area contributed by atoms with Crippen molar-refractivity contribution < 1.29 is 0 Å². The molecule has 2 aromatic rings. The Balaban J connectivity index is 2.33. The van der Waals surface area contributed by atoms with E-state index in [1.54, 1.807) is 11.3 Å². The average molecular weight is 284 g/mol. The molecule has 0 saturated heterocycles. The van der Waals surface area contributed by atoms with E-state index >= 15 is 0 Å². The van der Waals surface area contributed by atoms with E-state index in [2.05, 4.69) is 29.9 Å². The second kappa shape index (κ2) is 4.89. The van der Waals surface area contributed by atoms with Crippen molar-refractivity contribution in [3.05, 3.63) is 34.3 Å². The molecule has 0 amide bonds. The van der Waals surface area contributed by atoms with E-state index in [0.717, 1.165) is 34.8 Å². The lowest BCUT2D eigenvalue weighted by Gasteiger charge is -2.31. The van der Waals surface area contributed by atoms with Gasteiger partial charge in [0.25, 0.3) is 0 Å². The van der Waals surface area contributed by atoms with E-state index in [-0.39, 0.29) is 0 Å². The van der Waals surface area contributed by atoms with Crippen LogP contribution in [0.2, 0.25) is 0 Å². The predicted molar refractivity (Wildman–Crippen MR) is 81.4 cm³/mol. The molecule has 0 bridgehead atoms. The molecule has 0 fully saturated rings. The first kappa shape index (κ1) is 13.1. The van der Waals surface area contributed by atoms with Crippen LogP contribution < -0.4 is 5.73 Å². The van der Waals surface area contributed by atoms with Crippen LogP contribution >= 0.6 is 11.3 Å². The average Bonchev–Trinajstić information content (AvgIpc) is 2.92. The number of nitrogens with two attached hydrogens (primary N) is 1. The molecule has 1 atom stereocenters. The van der Waals surface area contributed by atoms with Gasteiger partial charge in [-0.25, -0.2) is 4.98 Å². The molecule has 4 nitrogen and oxygen atoms in total. The first-order chi connectivity index (χ1) is 9.61. The van der Waals surface area contributed by atoms with Crippen LogP contribution in [0.5, 0.6) is 0 Å². The summed E-state index contributed by atoms with van der Waals surface area (Å²) in [5.41, 5.74) is 9.70. The monoisotopic (exact) mass is 284 g/mol. The van der Waals surface area contributed by atoms with Gasteiger partial charge in [-0.05, 0) is 24.1 Å². The molecule has 20 heavy (non-hydrogen) atoms. The van der Waals surface area contributed by atoms with E-state index in [1.165, 1.54) is 0 Å². The zero-order valence-electron chi connectivity index (χ0n) is 11.6. The van der Waals surface area contributed by atoms with Gasteiger partial charge in [-0.3, -0.25) is 0 Å². The van der Waals surface area contributed by atoms with Crippen molar-refractivity contribution >= 4 is 17.2 Å². The van der Waals surface area contributed by atoms with E-state index in [1.807, 2.05) is 17.5 Å². The van der Waals surface area contributed by atoms with Crippen molar-refractivity contribution in [1.82, 2.24) is 9.88 Å². The first-order valence-electron chi connectivity index (χ1n) is 6.56. The number of nitrogens with zero attached hydrogens (tertiary/aromatic N) is 3. The number of fused-ring (bicyclic) bond motifs is 1. The highest BCUT2D eigenvalue weighted by Crippen LogP contribution is 2.39. The number of thiophene rings is 1. The maximum atomic E-state index is 9.45. The second-order valence-corrected chi connectivity index (χ2v) is 6.25. The Morgan fingerprint density at radius 3 is 3.00 bits per heavy atom. The van der Waals surface area contributed by atoms with Crippen molar-refractivity contribution in [2.24, 2.45) is 0 Å². The Hall–Kier alpha value is -1.90. The van der Waals surface area contributed by atoms with Crippen LogP contribution in [0.3, 0.4) is 0 Å². The standard InChI is InChI=1S/C15H16N4S/c1-9-7-19(2)8-11-13(12-4-3-5-20-12)10(6-16)15(17)18-14(9)11/h3-5,9H,7-8H2,1-2H3,(H2,17,18)/t9-/m0/s1. The van der Waals surface area contributed by atoms with Gasteiger partial charge < -0.3 is 10.6 Å². The first-order valence-corrected chi connectivity index (χ1v) is 7.44. The van der Waals surface area contributed by atoms with E-state index in [9.17, 15) is 5.26 Å². The third kappa shape index (κ3) is 1.98. The van der Waals surface area contributed by atoms with Gasteiger partial charge in [-0.15, -0.1) is 11.3 Å². The smallest absolute Gasteiger partial charge is 0.142 e. The van der Waals surface area contributed by atoms with E-state index in [4.69, 9.17) is 5.73 Å². The summed E-state index contributed by atoms with van der Waals surface area (Å²) in [7, 11) is 2.10. The summed E-state index contributed by atoms with van der Waals surface area (Å²) >= 11 is 1.64. The van der Waals surface area contributed by atoms with Crippen LogP contribution in [-0.2, 0) is 6.54 Å². The van der Waals surface area contributed by atoms with Gasteiger partial charge in [0.05, 0.1) is 5.69 Å². The maximum Gasteiger partial charge on any atom is 0.142 e. The van der Waals surface area contributed by atoms with Gasteiger partial charge in [0, 0.05) is 29.4 Å². The summed E-state index contributed by atoms with van der Waals surface area (Å²) in [4.78, 5) is 7.86. The van der Waals surface area contributed by atoms with Crippen LogP contribution in [0.25, 0.3) is 10.4 Å². The Morgan fingerprint density at radius 2 is 2.35 bits per heavy atom. The molecule has 0 aromatic carbocycles. The normalized spacial score (nSPS) is 18.6.